The van der Waals surface area contributed by atoms with Crippen LogP contribution in [0.1, 0.15) is 31.4 Å². The molecule has 0 unspecified atom stereocenters. The highest BCUT2D eigenvalue weighted by molar-refractivity contribution is 5.85. The third-order valence-electron chi connectivity index (χ3n) is 4.97. The van der Waals surface area contributed by atoms with Crippen LogP contribution in [0.5, 0.6) is 11.5 Å². The molecule has 7 heteroatoms. The molecular formula is C25H29NO6. The normalized spacial score (nSPS) is 20.5. The maximum atomic E-state index is 12.2. The molecule has 1 heterocycles. The van der Waals surface area contributed by atoms with Gasteiger partial charge in [0.15, 0.2) is 0 Å². The van der Waals surface area contributed by atoms with Crippen molar-refractivity contribution in [1.29, 1.82) is 0 Å². The Hall–Kier alpha value is -3.32. The van der Waals surface area contributed by atoms with Crippen LogP contribution in [0.4, 0.5) is 0 Å². The summed E-state index contributed by atoms with van der Waals surface area (Å²) >= 11 is 0. The molecule has 1 aliphatic rings. The smallest absolute Gasteiger partial charge is 0.306 e. The van der Waals surface area contributed by atoms with Crippen molar-refractivity contribution in [3.8, 4) is 11.5 Å². The van der Waals surface area contributed by atoms with Gasteiger partial charge in [-0.1, -0.05) is 41.6 Å². The van der Waals surface area contributed by atoms with Crippen LogP contribution in [0.25, 0.3) is 0 Å². The van der Waals surface area contributed by atoms with Gasteiger partial charge >= 0.3 is 5.97 Å². The van der Waals surface area contributed by atoms with Gasteiger partial charge in [-0.3, -0.25) is 4.79 Å². The maximum Gasteiger partial charge on any atom is 0.306 e. The molecule has 1 aliphatic heterocycles. The van der Waals surface area contributed by atoms with Gasteiger partial charge in [0.2, 0.25) is 0 Å². The molecule has 0 N–H and O–H groups in total. The Morgan fingerprint density at radius 2 is 1.69 bits per heavy atom. The molecule has 7 nitrogen and oxygen atoms in total. The number of esters is 1. The number of carbonyl (C=O) groups is 1. The highest BCUT2D eigenvalue weighted by Crippen LogP contribution is 2.29. The van der Waals surface area contributed by atoms with Gasteiger partial charge in [0.1, 0.15) is 43.5 Å². The van der Waals surface area contributed by atoms with E-state index in [1.54, 1.807) is 14.0 Å². The van der Waals surface area contributed by atoms with E-state index >= 15 is 0 Å². The van der Waals surface area contributed by atoms with Gasteiger partial charge in [0, 0.05) is 0 Å². The standard InChI is InChI=1S/C25H29NO6/c1-18(26-29-3)9-16-25(27)30-17-24-23(31-21-12-10-20(28-2)11-13-21)15-14-22(32-24)19-7-5-4-6-8-19/h4-8,10-15,22-24H,9,16-17H2,1-3H3/t22-,23-,24+/m0/s1. The Labute approximate surface area is 188 Å². The van der Waals surface area contributed by atoms with Crippen LogP contribution in [0.3, 0.4) is 0 Å². The fourth-order valence-electron chi connectivity index (χ4n) is 3.27. The molecule has 0 amide bonds. The molecule has 3 atom stereocenters. The van der Waals surface area contributed by atoms with E-state index in [2.05, 4.69) is 5.16 Å². The number of benzene rings is 2. The Morgan fingerprint density at radius 1 is 0.969 bits per heavy atom. The lowest BCUT2D eigenvalue weighted by atomic mass is 10.0. The van der Waals surface area contributed by atoms with Gasteiger partial charge in [-0.2, -0.15) is 0 Å². The third kappa shape index (κ3) is 6.85. The zero-order chi connectivity index (χ0) is 22.8. The molecule has 0 aromatic heterocycles. The average Bonchev–Trinajstić information content (AvgIpc) is 2.83. The number of ether oxygens (including phenoxy) is 4. The predicted octanol–water partition coefficient (Wildman–Crippen LogP) is 4.48. The van der Waals surface area contributed by atoms with Crippen molar-refractivity contribution in [3.05, 3.63) is 72.3 Å². The molecular weight excluding hydrogens is 410 g/mol. The van der Waals surface area contributed by atoms with E-state index in [-0.39, 0.29) is 25.1 Å². The Bertz CT molecular complexity index is 910. The van der Waals surface area contributed by atoms with Crippen molar-refractivity contribution >= 4 is 11.7 Å². The SMILES string of the molecule is CON=C(C)CCC(=O)OC[C@H]1O[C@H](c2ccccc2)C=C[C@@H]1Oc1ccc(OC)cc1. The molecule has 0 saturated carbocycles. The van der Waals surface area contributed by atoms with Gasteiger partial charge in [-0.15, -0.1) is 0 Å². The molecule has 0 aliphatic carbocycles. The van der Waals surface area contributed by atoms with Crippen LogP contribution in [-0.2, 0) is 19.1 Å². The lowest BCUT2D eigenvalue weighted by Gasteiger charge is -2.32. The second-order valence-corrected chi connectivity index (χ2v) is 7.34. The fraction of sp³-hybridized carbons (Fsp3) is 0.360. The first kappa shape index (κ1) is 23.3. The molecule has 0 bridgehead atoms. The topological polar surface area (TPSA) is 75.6 Å². The quantitative estimate of drug-likeness (QED) is 0.235. The van der Waals surface area contributed by atoms with Gasteiger partial charge in [0.25, 0.3) is 0 Å². The fourth-order valence-corrected chi connectivity index (χ4v) is 3.27. The Morgan fingerprint density at radius 3 is 2.38 bits per heavy atom. The van der Waals surface area contributed by atoms with Crippen molar-refractivity contribution in [2.45, 2.75) is 38.1 Å². The summed E-state index contributed by atoms with van der Waals surface area (Å²) in [7, 11) is 3.09. The molecule has 3 rings (SSSR count). The van der Waals surface area contributed by atoms with Crippen LogP contribution in [-0.4, -0.2) is 44.7 Å². The highest BCUT2D eigenvalue weighted by Gasteiger charge is 2.31. The van der Waals surface area contributed by atoms with E-state index in [1.165, 1.54) is 7.11 Å². The minimum atomic E-state index is -0.468. The number of hydrogen-bond donors (Lipinski definition) is 0. The summed E-state index contributed by atoms with van der Waals surface area (Å²) in [4.78, 5) is 16.9. The number of methoxy groups -OCH3 is 1. The van der Waals surface area contributed by atoms with E-state index < -0.39 is 12.2 Å². The lowest BCUT2D eigenvalue weighted by molar-refractivity contribution is -0.152. The number of nitrogens with zero attached hydrogens (tertiary/aromatic N) is 1. The number of rotatable bonds is 10. The monoisotopic (exact) mass is 439 g/mol. The van der Waals surface area contributed by atoms with Crippen molar-refractivity contribution in [2.75, 3.05) is 20.8 Å². The second-order valence-electron chi connectivity index (χ2n) is 7.34. The summed E-state index contributed by atoms with van der Waals surface area (Å²) < 4.78 is 23.1. The maximum absolute atomic E-state index is 12.2. The zero-order valence-corrected chi connectivity index (χ0v) is 18.6. The van der Waals surface area contributed by atoms with Gasteiger partial charge < -0.3 is 23.8 Å². The summed E-state index contributed by atoms with van der Waals surface area (Å²) in [6, 6.07) is 17.2. The second kappa shape index (κ2) is 11.9. The lowest BCUT2D eigenvalue weighted by Crippen LogP contribution is -2.40. The summed E-state index contributed by atoms with van der Waals surface area (Å²) in [6.45, 7) is 1.88. The minimum Gasteiger partial charge on any atom is -0.497 e. The van der Waals surface area contributed by atoms with Gasteiger partial charge in [-0.05, 0) is 49.2 Å². The van der Waals surface area contributed by atoms with Crippen molar-refractivity contribution < 1.29 is 28.6 Å². The van der Waals surface area contributed by atoms with Crippen molar-refractivity contribution in [2.24, 2.45) is 5.16 Å². The third-order valence-corrected chi connectivity index (χ3v) is 4.97. The molecule has 0 spiro atoms. The number of hydrogen-bond acceptors (Lipinski definition) is 7. The van der Waals surface area contributed by atoms with E-state index in [4.69, 9.17) is 23.8 Å². The van der Waals surface area contributed by atoms with Crippen LogP contribution in [0.15, 0.2) is 71.9 Å². The summed E-state index contributed by atoms with van der Waals surface area (Å²) in [5.41, 5.74) is 1.75. The van der Waals surface area contributed by atoms with Gasteiger partial charge in [-0.25, -0.2) is 0 Å². The predicted molar refractivity (Wildman–Crippen MR) is 121 cm³/mol. The number of carbonyl (C=O) groups excluding carboxylic acids is 1. The van der Waals surface area contributed by atoms with Crippen LogP contribution >= 0.6 is 0 Å². The first-order valence-electron chi connectivity index (χ1n) is 10.5. The molecule has 0 saturated heterocycles. The van der Waals surface area contributed by atoms with Crippen LogP contribution < -0.4 is 9.47 Å². The first-order valence-corrected chi connectivity index (χ1v) is 10.5. The van der Waals surface area contributed by atoms with E-state index in [1.807, 2.05) is 66.7 Å². The van der Waals surface area contributed by atoms with Gasteiger partial charge in [0.05, 0.1) is 19.2 Å². The largest absolute Gasteiger partial charge is 0.497 e. The highest BCUT2D eigenvalue weighted by atomic mass is 16.6. The van der Waals surface area contributed by atoms with Crippen molar-refractivity contribution in [1.82, 2.24) is 0 Å². The first-order chi connectivity index (χ1) is 15.6. The van der Waals surface area contributed by atoms with E-state index in [0.29, 0.717) is 12.2 Å². The van der Waals surface area contributed by atoms with Crippen LogP contribution in [0.2, 0.25) is 0 Å². The van der Waals surface area contributed by atoms with E-state index in [0.717, 1.165) is 17.0 Å². The van der Waals surface area contributed by atoms with Crippen molar-refractivity contribution in [3.63, 3.8) is 0 Å². The average molecular weight is 440 g/mol. The number of oxime groups is 1. The molecule has 0 radical (unpaired) electrons. The molecule has 2 aromatic rings. The molecule has 170 valence electrons. The molecule has 2 aromatic carbocycles. The summed E-state index contributed by atoms with van der Waals surface area (Å²) in [6.07, 6.45) is 3.49. The summed E-state index contributed by atoms with van der Waals surface area (Å²) in [5, 5.41) is 3.81. The Balaban J connectivity index is 1.66. The minimum absolute atomic E-state index is 0.0772. The molecule has 32 heavy (non-hydrogen) atoms. The zero-order valence-electron chi connectivity index (χ0n) is 18.6. The summed E-state index contributed by atoms with van der Waals surface area (Å²) in [5.74, 6) is 1.09. The molecule has 0 fully saturated rings. The van der Waals surface area contributed by atoms with Crippen LogP contribution in [0, 0.1) is 0 Å². The van der Waals surface area contributed by atoms with E-state index in [9.17, 15) is 4.79 Å². The Kier molecular flexibility index (Phi) is 8.69.